The van der Waals surface area contributed by atoms with E-state index in [4.69, 9.17) is 24.8 Å². The normalized spacial score (nSPS) is 9.81. The molecule has 3 radical (unpaired) electrons. The molecule has 9 rings (SSSR count). The first-order chi connectivity index (χ1) is 34.6. The van der Waals surface area contributed by atoms with Crippen molar-refractivity contribution < 1.29 is 76.2 Å². The van der Waals surface area contributed by atoms with E-state index in [1.54, 1.807) is 24.3 Å². The van der Waals surface area contributed by atoms with E-state index < -0.39 is 28.0 Å². The maximum absolute atomic E-state index is 12.3. The molecule has 0 bridgehead atoms. The number of aldehydes is 1. The third-order valence-electron chi connectivity index (χ3n) is 10.1. The van der Waals surface area contributed by atoms with Gasteiger partial charge in [0.15, 0.2) is 0 Å². The number of carboxylic acids is 1. The molecule has 0 saturated carbocycles. The zero-order valence-electron chi connectivity index (χ0n) is 42.2. The number of para-hydroxylation sites is 4. The topological polar surface area (TPSA) is 240 Å². The van der Waals surface area contributed by atoms with Crippen LogP contribution in [0.3, 0.4) is 0 Å². The molecule has 5 aromatic carbocycles. The maximum Gasteiger partial charge on any atom is 1.00 e. The largest absolute Gasteiger partial charge is 1.00 e. The van der Waals surface area contributed by atoms with Crippen LogP contribution in [0.1, 0.15) is 101 Å². The summed E-state index contributed by atoms with van der Waals surface area (Å²) in [7, 11) is -3.71. The van der Waals surface area contributed by atoms with Crippen LogP contribution in [0.2, 0.25) is 0 Å². The minimum Gasteiger partial charge on any atom is -0.550 e. The zero-order valence-corrected chi connectivity index (χ0v) is 45.0. The molecule has 409 valence electrons. The van der Waals surface area contributed by atoms with Crippen LogP contribution in [-0.4, -0.2) is 76.4 Å². The third kappa shape index (κ3) is 22.7. The molecule has 0 aliphatic heterocycles. The monoisotopic (exact) mass is 1090 g/mol. The first-order valence-corrected chi connectivity index (χ1v) is 24.3. The van der Waals surface area contributed by atoms with Crippen molar-refractivity contribution in [1.82, 2.24) is 28.7 Å². The van der Waals surface area contributed by atoms with Gasteiger partial charge in [-0.15, -0.1) is 0 Å². The number of carbonyl (C=O) groups excluding carboxylic acids is 4. The van der Waals surface area contributed by atoms with Gasteiger partial charge in [-0.25, -0.2) is 39.3 Å². The summed E-state index contributed by atoms with van der Waals surface area (Å²) in [5.41, 5.74) is 16.5. The Morgan fingerprint density at radius 2 is 1.12 bits per heavy atom. The fourth-order valence-electron chi connectivity index (χ4n) is 6.78. The van der Waals surface area contributed by atoms with Crippen LogP contribution in [0.25, 0.3) is 56.1 Å². The number of hydrogen-bond donors (Lipinski definition) is 1. The zero-order chi connectivity index (χ0) is 52.0. The van der Waals surface area contributed by atoms with Crippen molar-refractivity contribution in [2.45, 2.75) is 108 Å². The van der Waals surface area contributed by atoms with Crippen molar-refractivity contribution >= 4 is 82.0 Å². The number of nitrogens with zero attached hydrogens (tertiary/aromatic N) is 6. The molecule has 0 fully saturated rings. The molecule has 4 aromatic heterocycles. The second-order valence-electron chi connectivity index (χ2n) is 16.0. The minimum atomic E-state index is -3.71. The molecule has 0 unspecified atom stereocenters. The molecular weight excluding hydrogens is 1020 g/mol. The molecule has 78 heavy (non-hydrogen) atoms. The number of unbranched alkanes of at least 4 members (excludes halogenated alkanes) is 3. The Labute approximate surface area is 483 Å². The van der Waals surface area contributed by atoms with Crippen molar-refractivity contribution in [3.05, 3.63) is 157 Å². The number of aliphatic carboxylic acids is 1. The quantitative estimate of drug-likeness (QED) is 0.0232. The number of nitrogen functional groups attached to an aromatic ring is 1. The molecule has 20 heteroatoms. The first-order valence-electron chi connectivity index (χ1n) is 22.9. The summed E-state index contributed by atoms with van der Waals surface area (Å²) < 4.78 is 33.8. The maximum atomic E-state index is 12.3. The van der Waals surface area contributed by atoms with E-state index in [9.17, 15) is 22.8 Å². The van der Waals surface area contributed by atoms with Crippen molar-refractivity contribution in [1.29, 1.82) is 0 Å². The second kappa shape index (κ2) is 36.7. The molecule has 0 atom stereocenters. The molecule has 4 heterocycles. The average molecular weight is 1090 g/mol. The number of anilines is 1. The summed E-state index contributed by atoms with van der Waals surface area (Å²) in [6, 6.07) is 42.7. The molecule has 0 saturated heterocycles. The smallest absolute Gasteiger partial charge is 0.550 e. The molecule has 17 nitrogen and oxygen atoms in total. The van der Waals surface area contributed by atoms with E-state index in [2.05, 4.69) is 43.8 Å². The summed E-state index contributed by atoms with van der Waals surface area (Å²) in [5, 5.41) is 8.89. The van der Waals surface area contributed by atoms with Crippen molar-refractivity contribution in [2.75, 3.05) is 12.3 Å². The van der Waals surface area contributed by atoms with E-state index in [0.717, 1.165) is 115 Å². The van der Waals surface area contributed by atoms with E-state index in [1.807, 2.05) is 125 Å². The van der Waals surface area contributed by atoms with Gasteiger partial charge in [0.05, 0.1) is 45.0 Å². The van der Waals surface area contributed by atoms with Crippen molar-refractivity contribution in [3.63, 3.8) is 0 Å². The summed E-state index contributed by atoms with van der Waals surface area (Å²) in [4.78, 5) is 64.5. The van der Waals surface area contributed by atoms with Crippen LogP contribution in [0.4, 0.5) is 5.69 Å². The molecule has 9 aromatic rings. The predicted molar refractivity (Wildman–Crippen MR) is 306 cm³/mol. The molecule has 0 aliphatic carbocycles. The molecule has 0 amide bonds. The van der Waals surface area contributed by atoms with Gasteiger partial charge in [-0.05, 0) is 112 Å². The number of benzene rings is 5. The molecular formula is C58H72BN7NaO10S. The number of carbonyl (C=O) groups is 4. The summed E-state index contributed by atoms with van der Waals surface area (Å²) in [6.45, 7) is 7.41. The minimum absolute atomic E-state index is 0. The van der Waals surface area contributed by atoms with E-state index in [-0.39, 0.29) is 79.2 Å². The van der Waals surface area contributed by atoms with Crippen LogP contribution in [0, 0.1) is 6.92 Å². The van der Waals surface area contributed by atoms with E-state index >= 15 is 0 Å². The van der Waals surface area contributed by atoms with Crippen LogP contribution < -0.4 is 40.4 Å². The van der Waals surface area contributed by atoms with Gasteiger partial charge < -0.3 is 20.4 Å². The number of aromatic nitrogens is 6. The number of imidazole rings is 2. The SMILES string of the molecule is C.C.C.C.CC(=O)OOC(C)=O.CC(=O)[O-].CCCCC=O.Cc1ccc(S(=O)(=O)OCCCCc2cccc(-c3ccn4c(n3)nc3ccccc34)c2)cc1.Nc1cccc(-c2ccn3c(n2)nc2ccccc23)c1.[B].[Na+]. The Hall–Kier alpha value is -7.29. The first kappa shape index (κ1) is 72.8. The van der Waals surface area contributed by atoms with Crippen LogP contribution in [-0.2, 0) is 49.7 Å². The van der Waals surface area contributed by atoms with Crippen LogP contribution in [0.5, 0.6) is 0 Å². The Morgan fingerprint density at radius 1 is 0.641 bits per heavy atom. The fourth-order valence-corrected chi connectivity index (χ4v) is 7.72. The summed E-state index contributed by atoms with van der Waals surface area (Å²) in [5.74, 6) is -0.984. The molecule has 2 N–H and O–H groups in total. The second-order valence-corrected chi connectivity index (χ2v) is 17.6. The van der Waals surface area contributed by atoms with Gasteiger partial charge in [-0.3, -0.25) is 13.0 Å². The number of nitrogens with two attached hydrogens (primary N) is 1. The van der Waals surface area contributed by atoms with Gasteiger partial charge in [0.25, 0.3) is 10.1 Å². The number of fused-ring (bicyclic) bond motifs is 6. The Kier molecular flexibility index (Phi) is 34.2. The number of rotatable bonds is 12. The van der Waals surface area contributed by atoms with E-state index in [1.165, 1.54) is 5.56 Å². The average Bonchev–Trinajstić information content (AvgIpc) is 3.93. The van der Waals surface area contributed by atoms with Gasteiger partial charge >= 0.3 is 41.5 Å². The Balaban J connectivity index is 0. The van der Waals surface area contributed by atoms with Crippen molar-refractivity contribution in [2.24, 2.45) is 0 Å². The standard InChI is InChI=1S/C27H25N3O3S.C16H12N4.C5H10O.C4H6O4.C2H4O2.4CH4.B.Na/c1-20-12-14-23(15-13-20)34(31,32)33-18-5-4-7-21-8-6-9-22(19-21)24-16-17-30-26-11-3-2-10-25(26)29-27(30)28-24;17-12-5-3-4-11(10-12)13-8-9-20-15-7-2-1-6-14(15)19-16(20)18-13;1-2-3-4-5-6;1-3(5)7-8-4(2)6;1-2(3)4;;;;;;/h2-3,6,8-17,19H,4-5,7,18H2,1H3;1-10H,17H2;5H,2-4H2,1H3;1-2H3;1H3,(H,3,4);4*1H4;;/q;;;;;;;;;;+1/p-1. The van der Waals surface area contributed by atoms with Gasteiger partial charge in [0, 0.05) is 63.9 Å². The van der Waals surface area contributed by atoms with Gasteiger partial charge in [0.2, 0.25) is 11.6 Å². The number of hydrogen-bond acceptors (Lipinski definition) is 15. The number of aryl methyl sites for hydroxylation is 2. The summed E-state index contributed by atoms with van der Waals surface area (Å²) >= 11 is 0. The van der Waals surface area contributed by atoms with Gasteiger partial charge in [0.1, 0.15) is 6.29 Å². The van der Waals surface area contributed by atoms with E-state index in [0.29, 0.717) is 18.0 Å². The molecule has 0 aliphatic rings. The fraction of sp³-hybridized carbons (Fsp3) is 0.276. The van der Waals surface area contributed by atoms with Crippen LogP contribution >= 0.6 is 0 Å². The van der Waals surface area contributed by atoms with Crippen molar-refractivity contribution in [3.8, 4) is 22.5 Å². The molecule has 0 spiro atoms. The Bertz CT molecular complexity index is 3360. The summed E-state index contributed by atoms with van der Waals surface area (Å²) in [6.07, 6.45) is 10.2. The van der Waals surface area contributed by atoms with Gasteiger partial charge in [-0.1, -0.05) is 115 Å². The van der Waals surface area contributed by atoms with Gasteiger partial charge in [-0.2, -0.15) is 8.42 Å². The third-order valence-corrected chi connectivity index (χ3v) is 11.4. The Morgan fingerprint density at radius 3 is 1.56 bits per heavy atom. The number of carboxylic acid groups (broad SMARTS) is 1. The van der Waals surface area contributed by atoms with Crippen LogP contribution in [0.15, 0.2) is 151 Å². The predicted octanol–water partition coefficient (Wildman–Crippen LogP) is 8.04.